The van der Waals surface area contributed by atoms with Crippen LogP contribution in [0.5, 0.6) is 5.75 Å². The molecule has 0 bridgehead atoms. The molecule has 94 valence electrons. The first kappa shape index (κ1) is 11.3. The summed E-state index contributed by atoms with van der Waals surface area (Å²) >= 11 is 0. The van der Waals surface area contributed by atoms with Crippen LogP contribution in [0.3, 0.4) is 0 Å². The van der Waals surface area contributed by atoms with Gasteiger partial charge in [0.05, 0.1) is 5.57 Å². The van der Waals surface area contributed by atoms with Crippen molar-refractivity contribution in [3.8, 4) is 5.75 Å². The molecule has 0 saturated carbocycles. The van der Waals surface area contributed by atoms with Crippen molar-refractivity contribution in [1.29, 1.82) is 0 Å². The van der Waals surface area contributed by atoms with Gasteiger partial charge in [0.15, 0.2) is 0 Å². The highest BCUT2D eigenvalue weighted by molar-refractivity contribution is 6.24. The van der Waals surface area contributed by atoms with Crippen LogP contribution in [0.2, 0.25) is 0 Å². The van der Waals surface area contributed by atoms with Crippen molar-refractivity contribution < 1.29 is 9.53 Å². The van der Waals surface area contributed by atoms with Gasteiger partial charge in [-0.2, -0.15) is 0 Å². The van der Waals surface area contributed by atoms with Gasteiger partial charge in [0.25, 0.3) is 5.91 Å². The number of ether oxygens (including phenoxy) is 1. The number of carbonyl (C=O) groups is 1. The fourth-order valence-electron chi connectivity index (χ4n) is 2.56. The lowest BCUT2D eigenvalue weighted by Crippen LogP contribution is -2.43. The second-order valence-corrected chi connectivity index (χ2v) is 5.83. The van der Waals surface area contributed by atoms with Gasteiger partial charge >= 0.3 is 0 Å². The van der Waals surface area contributed by atoms with Crippen molar-refractivity contribution in [3.05, 3.63) is 35.4 Å². The van der Waals surface area contributed by atoms with Crippen molar-refractivity contribution in [3.63, 3.8) is 0 Å². The Balaban J connectivity index is 2.06. The summed E-state index contributed by atoms with van der Waals surface area (Å²) < 4.78 is 5.71. The second kappa shape index (κ2) is 3.61. The maximum Gasteiger partial charge on any atom is 0.255 e. The van der Waals surface area contributed by atoms with E-state index in [9.17, 15) is 4.79 Å². The molecule has 1 aromatic rings. The van der Waals surface area contributed by atoms with Crippen LogP contribution in [-0.2, 0) is 4.79 Å². The molecule has 3 nitrogen and oxygen atoms in total. The van der Waals surface area contributed by atoms with E-state index in [0.717, 1.165) is 22.5 Å². The molecule has 0 aliphatic carbocycles. The molecular weight excluding hydrogens is 226 g/mol. The molecule has 2 aliphatic heterocycles. The van der Waals surface area contributed by atoms with Gasteiger partial charge in [0.2, 0.25) is 0 Å². The van der Waals surface area contributed by atoms with Crippen LogP contribution in [0.25, 0.3) is 5.57 Å². The number of benzene rings is 1. The molecule has 3 rings (SSSR count). The quantitative estimate of drug-likeness (QED) is 0.700. The van der Waals surface area contributed by atoms with Gasteiger partial charge in [-0.25, -0.2) is 0 Å². The van der Waals surface area contributed by atoms with Crippen molar-refractivity contribution in [2.45, 2.75) is 26.3 Å². The van der Waals surface area contributed by atoms with E-state index in [0.29, 0.717) is 13.2 Å². The molecule has 2 aliphatic rings. The zero-order valence-electron chi connectivity index (χ0n) is 11.0. The van der Waals surface area contributed by atoms with E-state index in [1.165, 1.54) is 0 Å². The van der Waals surface area contributed by atoms with E-state index in [-0.39, 0.29) is 11.4 Å². The lowest BCUT2D eigenvalue weighted by atomic mass is 9.99. The topological polar surface area (TPSA) is 29.5 Å². The molecule has 0 radical (unpaired) electrons. The minimum atomic E-state index is -0.149. The molecule has 1 aromatic carbocycles. The predicted molar refractivity (Wildman–Crippen MR) is 70.3 cm³/mol. The molecular formula is C15H17NO2. The number of rotatable bonds is 0. The van der Waals surface area contributed by atoms with Crippen LogP contribution < -0.4 is 4.74 Å². The maximum absolute atomic E-state index is 12.6. The normalized spacial score (nSPS) is 18.6. The number of amides is 1. The number of hydrogen-bond donors (Lipinski definition) is 0. The average Bonchev–Trinajstić information content (AvgIpc) is 2.67. The molecule has 0 atom stereocenters. The van der Waals surface area contributed by atoms with Gasteiger partial charge < -0.3 is 9.64 Å². The first-order valence-corrected chi connectivity index (χ1v) is 6.24. The average molecular weight is 243 g/mol. The minimum Gasteiger partial charge on any atom is -0.488 e. The molecule has 2 heterocycles. The Kier molecular flexibility index (Phi) is 2.27. The number of hydrogen-bond acceptors (Lipinski definition) is 2. The summed E-state index contributed by atoms with van der Waals surface area (Å²) in [6.45, 7) is 7.42. The van der Waals surface area contributed by atoms with Crippen molar-refractivity contribution in [2.75, 3.05) is 13.2 Å². The first-order chi connectivity index (χ1) is 8.48. The lowest BCUT2D eigenvalue weighted by Gasteiger charge is -2.32. The monoisotopic (exact) mass is 243 g/mol. The summed E-state index contributed by atoms with van der Waals surface area (Å²) in [4.78, 5) is 14.5. The van der Waals surface area contributed by atoms with E-state index in [1.807, 2.05) is 29.2 Å². The van der Waals surface area contributed by atoms with E-state index in [4.69, 9.17) is 4.74 Å². The van der Waals surface area contributed by atoms with Crippen molar-refractivity contribution in [2.24, 2.45) is 0 Å². The van der Waals surface area contributed by atoms with Crippen molar-refractivity contribution >= 4 is 11.5 Å². The summed E-state index contributed by atoms with van der Waals surface area (Å²) in [5.74, 6) is 0.952. The van der Waals surface area contributed by atoms with Crippen LogP contribution in [-0.4, -0.2) is 29.5 Å². The summed E-state index contributed by atoms with van der Waals surface area (Å²) in [6, 6.07) is 7.77. The molecule has 0 saturated heterocycles. The summed E-state index contributed by atoms with van der Waals surface area (Å²) in [6.07, 6.45) is 0. The number of fused-ring (bicyclic) bond motifs is 2. The minimum absolute atomic E-state index is 0.133. The maximum atomic E-state index is 12.6. The van der Waals surface area contributed by atoms with Gasteiger partial charge in [0, 0.05) is 17.6 Å². The van der Waals surface area contributed by atoms with E-state index in [2.05, 4.69) is 20.8 Å². The molecule has 0 unspecified atom stereocenters. The smallest absolute Gasteiger partial charge is 0.255 e. The molecule has 0 aromatic heterocycles. The highest BCUT2D eigenvalue weighted by Crippen LogP contribution is 2.39. The highest BCUT2D eigenvalue weighted by Gasteiger charge is 2.39. The summed E-state index contributed by atoms with van der Waals surface area (Å²) in [5, 5.41) is 0. The Morgan fingerprint density at radius 1 is 1.22 bits per heavy atom. The fraction of sp³-hybridized carbons (Fsp3) is 0.400. The first-order valence-electron chi connectivity index (χ1n) is 6.24. The van der Waals surface area contributed by atoms with Gasteiger partial charge in [0.1, 0.15) is 12.4 Å². The largest absolute Gasteiger partial charge is 0.488 e. The third-order valence-corrected chi connectivity index (χ3v) is 3.53. The van der Waals surface area contributed by atoms with Crippen LogP contribution in [0, 0.1) is 0 Å². The molecule has 1 amide bonds. The highest BCUT2D eigenvalue weighted by atomic mass is 16.5. The van der Waals surface area contributed by atoms with Crippen LogP contribution in [0.15, 0.2) is 29.8 Å². The van der Waals surface area contributed by atoms with Crippen LogP contribution in [0.1, 0.15) is 26.3 Å². The van der Waals surface area contributed by atoms with Gasteiger partial charge in [-0.05, 0) is 32.4 Å². The number of para-hydroxylation sites is 1. The Morgan fingerprint density at radius 3 is 2.67 bits per heavy atom. The third kappa shape index (κ3) is 1.54. The molecule has 0 N–H and O–H groups in total. The predicted octanol–water partition coefficient (Wildman–Crippen LogP) is 2.47. The number of nitrogens with zero attached hydrogens (tertiary/aromatic N) is 1. The van der Waals surface area contributed by atoms with Gasteiger partial charge in [-0.1, -0.05) is 18.2 Å². The molecule has 3 heteroatoms. The second-order valence-electron chi connectivity index (χ2n) is 5.83. The molecule has 0 spiro atoms. The Hall–Kier alpha value is -1.77. The zero-order chi connectivity index (χ0) is 12.9. The zero-order valence-corrected chi connectivity index (χ0v) is 11.0. The van der Waals surface area contributed by atoms with Crippen LogP contribution in [0.4, 0.5) is 0 Å². The van der Waals surface area contributed by atoms with E-state index < -0.39 is 0 Å². The van der Waals surface area contributed by atoms with Crippen LogP contribution >= 0.6 is 0 Å². The van der Waals surface area contributed by atoms with Gasteiger partial charge in [-0.3, -0.25) is 4.79 Å². The number of carbonyl (C=O) groups excluding carboxylic acids is 1. The summed E-state index contributed by atoms with van der Waals surface area (Å²) in [5.41, 5.74) is 2.75. The Bertz CT molecular complexity index is 552. The Morgan fingerprint density at radius 2 is 1.94 bits per heavy atom. The standard InChI is InChI=1S/C15H17NO2/c1-15(2,3)16-8-10-9-18-12-7-5-4-6-11(12)13(10)14(16)17/h4-7H,8-9H2,1-3H3. The molecule has 18 heavy (non-hydrogen) atoms. The fourth-order valence-corrected chi connectivity index (χ4v) is 2.56. The third-order valence-electron chi connectivity index (χ3n) is 3.53. The van der Waals surface area contributed by atoms with E-state index >= 15 is 0 Å². The van der Waals surface area contributed by atoms with E-state index in [1.54, 1.807) is 0 Å². The van der Waals surface area contributed by atoms with Crippen molar-refractivity contribution in [1.82, 2.24) is 4.90 Å². The SMILES string of the molecule is CC(C)(C)N1CC2=C(C1=O)c1ccccc1OC2. The van der Waals surface area contributed by atoms with Gasteiger partial charge in [-0.15, -0.1) is 0 Å². The molecule has 0 fully saturated rings. The Labute approximate surface area is 107 Å². The summed E-state index contributed by atoms with van der Waals surface area (Å²) in [7, 11) is 0. The lowest BCUT2D eigenvalue weighted by molar-refractivity contribution is -0.127.